The molecular formula is C14H11F2NO3. The minimum absolute atomic E-state index is 0.00749. The number of aromatic hydroxyl groups is 2. The van der Waals surface area contributed by atoms with Crippen molar-refractivity contribution in [3.8, 4) is 11.5 Å². The summed E-state index contributed by atoms with van der Waals surface area (Å²) in [7, 11) is 0. The Morgan fingerprint density at radius 2 is 1.65 bits per heavy atom. The normalized spacial score (nSPS) is 10.3. The zero-order valence-corrected chi connectivity index (χ0v) is 10.2. The van der Waals surface area contributed by atoms with Crippen LogP contribution in [0, 0.1) is 11.6 Å². The fraction of sp³-hybridized carbons (Fsp3) is 0.0714. The van der Waals surface area contributed by atoms with Crippen molar-refractivity contribution in [2.75, 3.05) is 0 Å². The maximum Gasteiger partial charge on any atom is 0.251 e. The number of halogens is 2. The second kappa shape index (κ2) is 5.56. The summed E-state index contributed by atoms with van der Waals surface area (Å²) >= 11 is 0. The summed E-state index contributed by atoms with van der Waals surface area (Å²) in [4.78, 5) is 11.8. The third-order valence-corrected chi connectivity index (χ3v) is 2.60. The Labute approximate surface area is 113 Å². The summed E-state index contributed by atoms with van der Waals surface area (Å²) in [6.07, 6.45) is 0. The van der Waals surface area contributed by atoms with Gasteiger partial charge in [-0.05, 0) is 29.8 Å². The number of carbonyl (C=O) groups excluding carboxylic acids is 1. The minimum Gasteiger partial charge on any atom is -0.508 e. The summed E-state index contributed by atoms with van der Waals surface area (Å²) in [5.74, 6) is -3.00. The third kappa shape index (κ3) is 3.23. The topological polar surface area (TPSA) is 69.6 Å². The van der Waals surface area contributed by atoms with Gasteiger partial charge in [0.2, 0.25) is 0 Å². The second-order valence-electron chi connectivity index (χ2n) is 4.17. The first-order valence-electron chi connectivity index (χ1n) is 5.71. The van der Waals surface area contributed by atoms with Crippen LogP contribution in [-0.4, -0.2) is 16.1 Å². The number of hydrogen-bond donors (Lipinski definition) is 3. The first-order valence-corrected chi connectivity index (χ1v) is 5.71. The van der Waals surface area contributed by atoms with E-state index in [0.717, 1.165) is 18.2 Å². The van der Waals surface area contributed by atoms with Gasteiger partial charge < -0.3 is 15.5 Å². The monoisotopic (exact) mass is 279 g/mol. The van der Waals surface area contributed by atoms with Gasteiger partial charge in [0.15, 0.2) is 11.6 Å². The standard InChI is InChI=1S/C14H11F2NO3/c15-12-2-1-8(3-13(12)16)7-17-14(20)9-4-10(18)6-11(19)5-9/h1-6,18-19H,7H2,(H,17,20). The van der Waals surface area contributed by atoms with E-state index in [1.807, 2.05) is 0 Å². The lowest BCUT2D eigenvalue weighted by atomic mass is 10.1. The van der Waals surface area contributed by atoms with Gasteiger partial charge in [-0.1, -0.05) is 6.07 Å². The largest absolute Gasteiger partial charge is 0.508 e. The van der Waals surface area contributed by atoms with Gasteiger partial charge in [-0.3, -0.25) is 4.79 Å². The maximum absolute atomic E-state index is 13.0. The molecule has 2 aromatic carbocycles. The van der Waals surface area contributed by atoms with E-state index in [9.17, 15) is 23.8 Å². The predicted octanol–water partition coefficient (Wildman–Crippen LogP) is 2.31. The molecule has 0 bridgehead atoms. The molecule has 1 amide bonds. The number of rotatable bonds is 3. The molecule has 0 heterocycles. The molecule has 0 aliphatic rings. The lowest BCUT2D eigenvalue weighted by Crippen LogP contribution is -2.22. The molecule has 4 nitrogen and oxygen atoms in total. The predicted molar refractivity (Wildman–Crippen MR) is 67.3 cm³/mol. The molecule has 3 N–H and O–H groups in total. The quantitative estimate of drug-likeness (QED) is 0.807. The lowest BCUT2D eigenvalue weighted by molar-refractivity contribution is 0.0950. The Morgan fingerprint density at radius 3 is 2.25 bits per heavy atom. The molecule has 0 saturated carbocycles. The second-order valence-corrected chi connectivity index (χ2v) is 4.17. The van der Waals surface area contributed by atoms with Gasteiger partial charge in [-0.25, -0.2) is 8.78 Å². The van der Waals surface area contributed by atoms with Crippen molar-refractivity contribution < 1.29 is 23.8 Å². The Bertz CT molecular complexity index is 639. The molecule has 0 aromatic heterocycles. The van der Waals surface area contributed by atoms with Crippen LogP contribution < -0.4 is 5.32 Å². The van der Waals surface area contributed by atoms with Crippen LogP contribution in [0.4, 0.5) is 8.78 Å². The number of benzene rings is 2. The summed E-state index contributed by atoms with van der Waals surface area (Å²) in [6.45, 7) is -0.00749. The molecule has 0 atom stereocenters. The molecular weight excluding hydrogens is 268 g/mol. The Morgan fingerprint density at radius 1 is 1.00 bits per heavy atom. The molecule has 0 unspecified atom stereocenters. The van der Waals surface area contributed by atoms with Crippen molar-refractivity contribution in [1.29, 1.82) is 0 Å². The van der Waals surface area contributed by atoms with E-state index in [4.69, 9.17) is 0 Å². The van der Waals surface area contributed by atoms with Gasteiger partial charge >= 0.3 is 0 Å². The van der Waals surface area contributed by atoms with Gasteiger partial charge in [0, 0.05) is 18.2 Å². The first kappa shape index (κ1) is 13.8. The van der Waals surface area contributed by atoms with Crippen molar-refractivity contribution in [2.45, 2.75) is 6.54 Å². The Hall–Kier alpha value is -2.63. The molecule has 20 heavy (non-hydrogen) atoms. The summed E-state index contributed by atoms with van der Waals surface area (Å²) < 4.78 is 25.7. The van der Waals surface area contributed by atoms with Gasteiger partial charge in [0.05, 0.1) is 0 Å². The smallest absolute Gasteiger partial charge is 0.251 e. The van der Waals surface area contributed by atoms with Crippen LogP contribution >= 0.6 is 0 Å². The van der Waals surface area contributed by atoms with Crippen LogP contribution in [0.5, 0.6) is 11.5 Å². The van der Waals surface area contributed by atoms with Crippen LogP contribution in [0.1, 0.15) is 15.9 Å². The molecule has 0 radical (unpaired) electrons. The third-order valence-electron chi connectivity index (χ3n) is 2.60. The highest BCUT2D eigenvalue weighted by molar-refractivity contribution is 5.94. The molecule has 0 spiro atoms. The van der Waals surface area contributed by atoms with E-state index in [-0.39, 0.29) is 23.6 Å². The van der Waals surface area contributed by atoms with Crippen molar-refractivity contribution in [3.63, 3.8) is 0 Å². The van der Waals surface area contributed by atoms with Crippen LogP contribution in [0.2, 0.25) is 0 Å². The Balaban J connectivity index is 2.06. The highest BCUT2D eigenvalue weighted by Gasteiger charge is 2.09. The Kier molecular flexibility index (Phi) is 3.84. The average Bonchev–Trinajstić information content (AvgIpc) is 2.38. The molecule has 0 aliphatic carbocycles. The fourth-order valence-electron chi connectivity index (χ4n) is 1.66. The number of phenolic OH excluding ortho intramolecular Hbond substituents is 2. The van der Waals surface area contributed by atoms with E-state index < -0.39 is 17.5 Å². The number of nitrogens with one attached hydrogen (secondary N) is 1. The van der Waals surface area contributed by atoms with Crippen molar-refractivity contribution in [1.82, 2.24) is 5.32 Å². The van der Waals surface area contributed by atoms with Crippen LogP contribution in [0.3, 0.4) is 0 Å². The van der Waals surface area contributed by atoms with Crippen molar-refractivity contribution in [3.05, 3.63) is 59.2 Å². The van der Waals surface area contributed by atoms with E-state index in [0.29, 0.717) is 5.56 Å². The molecule has 6 heteroatoms. The molecule has 104 valence electrons. The van der Waals surface area contributed by atoms with Gasteiger partial charge in [0.25, 0.3) is 5.91 Å². The van der Waals surface area contributed by atoms with E-state index in [1.165, 1.54) is 18.2 Å². The zero-order chi connectivity index (χ0) is 14.7. The highest BCUT2D eigenvalue weighted by atomic mass is 19.2. The summed E-state index contributed by atoms with van der Waals surface area (Å²) in [5.41, 5.74) is 0.451. The SMILES string of the molecule is O=C(NCc1ccc(F)c(F)c1)c1cc(O)cc(O)c1. The number of hydrogen-bond acceptors (Lipinski definition) is 3. The van der Waals surface area contributed by atoms with Crippen LogP contribution in [0.25, 0.3) is 0 Å². The molecule has 0 fully saturated rings. The van der Waals surface area contributed by atoms with E-state index in [2.05, 4.69) is 5.32 Å². The van der Waals surface area contributed by atoms with Crippen molar-refractivity contribution >= 4 is 5.91 Å². The maximum atomic E-state index is 13.0. The zero-order valence-electron chi connectivity index (χ0n) is 10.2. The lowest BCUT2D eigenvalue weighted by Gasteiger charge is -2.07. The molecule has 0 aliphatic heterocycles. The minimum atomic E-state index is -0.994. The average molecular weight is 279 g/mol. The molecule has 2 aromatic rings. The number of carbonyl (C=O) groups is 1. The van der Waals surface area contributed by atoms with Crippen LogP contribution in [-0.2, 0) is 6.54 Å². The van der Waals surface area contributed by atoms with Gasteiger partial charge in [0.1, 0.15) is 11.5 Å². The molecule has 0 saturated heterocycles. The number of phenols is 2. The number of amides is 1. The highest BCUT2D eigenvalue weighted by Crippen LogP contribution is 2.20. The first-order chi connectivity index (χ1) is 9.45. The van der Waals surface area contributed by atoms with Gasteiger partial charge in [-0.15, -0.1) is 0 Å². The molecule has 2 rings (SSSR count). The van der Waals surface area contributed by atoms with Crippen LogP contribution in [0.15, 0.2) is 36.4 Å². The summed E-state index contributed by atoms with van der Waals surface area (Å²) in [6, 6.07) is 6.75. The van der Waals surface area contributed by atoms with Crippen molar-refractivity contribution in [2.24, 2.45) is 0 Å². The van der Waals surface area contributed by atoms with E-state index >= 15 is 0 Å². The van der Waals surface area contributed by atoms with Gasteiger partial charge in [-0.2, -0.15) is 0 Å². The van der Waals surface area contributed by atoms with E-state index in [1.54, 1.807) is 0 Å². The summed E-state index contributed by atoms with van der Waals surface area (Å²) in [5, 5.41) is 21.0. The fourth-order valence-corrected chi connectivity index (χ4v) is 1.66.